The molecule has 2 heteroatoms. The highest BCUT2D eigenvalue weighted by Gasteiger charge is 2.31. The van der Waals surface area contributed by atoms with Crippen LogP contribution in [0, 0.1) is 11.3 Å². The predicted molar refractivity (Wildman–Crippen MR) is 67.0 cm³/mol. The lowest BCUT2D eigenvalue weighted by molar-refractivity contribution is 0.104. The minimum atomic E-state index is 0.342. The van der Waals surface area contributed by atoms with Gasteiger partial charge in [-0.15, -0.1) is 0 Å². The SMILES string of the molecule is CCCCC(CC)(CN)C(C)CCOC. The van der Waals surface area contributed by atoms with Crippen LogP contribution in [0.25, 0.3) is 0 Å². The molecular formula is C13H29NO. The number of unbranched alkanes of at least 4 members (excludes halogenated alkanes) is 1. The Hall–Kier alpha value is -0.0800. The third-order valence-electron chi connectivity index (χ3n) is 3.94. The Morgan fingerprint density at radius 2 is 2.00 bits per heavy atom. The molecule has 92 valence electrons. The summed E-state index contributed by atoms with van der Waals surface area (Å²) in [5.74, 6) is 0.666. The smallest absolute Gasteiger partial charge is 0.0465 e. The average molecular weight is 215 g/mol. The zero-order chi connectivity index (χ0) is 11.7. The van der Waals surface area contributed by atoms with Crippen LogP contribution in [0.4, 0.5) is 0 Å². The van der Waals surface area contributed by atoms with Gasteiger partial charge in [-0.3, -0.25) is 0 Å². The lowest BCUT2D eigenvalue weighted by atomic mass is 9.69. The van der Waals surface area contributed by atoms with Gasteiger partial charge < -0.3 is 10.5 Å². The normalized spacial score (nSPS) is 17.4. The standard InChI is InChI=1S/C13H29NO/c1-5-7-9-13(6-2,11-14)12(3)8-10-15-4/h12H,5-11,14H2,1-4H3. The van der Waals surface area contributed by atoms with E-state index in [9.17, 15) is 0 Å². The molecule has 2 unspecified atom stereocenters. The molecule has 15 heavy (non-hydrogen) atoms. The number of rotatable bonds is 9. The van der Waals surface area contributed by atoms with E-state index >= 15 is 0 Å². The minimum Gasteiger partial charge on any atom is -0.385 e. The molecule has 0 saturated heterocycles. The third kappa shape index (κ3) is 4.52. The minimum absolute atomic E-state index is 0.342. The van der Waals surface area contributed by atoms with Crippen molar-refractivity contribution in [3.05, 3.63) is 0 Å². The fourth-order valence-electron chi connectivity index (χ4n) is 2.35. The van der Waals surface area contributed by atoms with Crippen molar-refractivity contribution in [3.8, 4) is 0 Å². The molecule has 2 atom stereocenters. The molecule has 0 fully saturated rings. The van der Waals surface area contributed by atoms with E-state index in [1.165, 1.54) is 25.7 Å². The Kier molecular flexibility index (Phi) is 8.07. The maximum absolute atomic E-state index is 5.99. The van der Waals surface area contributed by atoms with Crippen molar-refractivity contribution in [1.29, 1.82) is 0 Å². The molecule has 0 radical (unpaired) electrons. The summed E-state index contributed by atoms with van der Waals surface area (Å²) in [6, 6.07) is 0. The van der Waals surface area contributed by atoms with E-state index in [1.807, 2.05) is 0 Å². The summed E-state index contributed by atoms with van der Waals surface area (Å²) in [7, 11) is 1.77. The summed E-state index contributed by atoms with van der Waals surface area (Å²) < 4.78 is 5.16. The van der Waals surface area contributed by atoms with Crippen LogP contribution in [0.5, 0.6) is 0 Å². The van der Waals surface area contributed by atoms with E-state index in [-0.39, 0.29) is 0 Å². The lowest BCUT2D eigenvalue weighted by Crippen LogP contribution is -2.37. The number of hydrogen-bond acceptors (Lipinski definition) is 2. The Morgan fingerprint density at radius 1 is 1.33 bits per heavy atom. The highest BCUT2D eigenvalue weighted by molar-refractivity contribution is 4.84. The number of nitrogens with two attached hydrogens (primary N) is 1. The van der Waals surface area contributed by atoms with Crippen molar-refractivity contribution >= 4 is 0 Å². The van der Waals surface area contributed by atoms with E-state index < -0.39 is 0 Å². The summed E-state index contributed by atoms with van der Waals surface area (Å²) >= 11 is 0. The summed E-state index contributed by atoms with van der Waals surface area (Å²) in [6.07, 6.45) is 6.14. The molecule has 0 saturated carbocycles. The first kappa shape index (κ1) is 14.9. The molecule has 0 heterocycles. The van der Waals surface area contributed by atoms with Crippen LogP contribution in [0.2, 0.25) is 0 Å². The Bertz CT molecular complexity index is 143. The van der Waals surface area contributed by atoms with Gasteiger partial charge in [-0.25, -0.2) is 0 Å². The van der Waals surface area contributed by atoms with E-state index in [2.05, 4.69) is 20.8 Å². The monoisotopic (exact) mass is 215 g/mol. The molecule has 2 nitrogen and oxygen atoms in total. The Balaban J connectivity index is 4.30. The van der Waals surface area contributed by atoms with Crippen molar-refractivity contribution in [2.45, 2.75) is 52.9 Å². The van der Waals surface area contributed by atoms with Gasteiger partial charge in [-0.2, -0.15) is 0 Å². The molecular weight excluding hydrogens is 186 g/mol. The van der Waals surface area contributed by atoms with Gasteiger partial charge in [0.2, 0.25) is 0 Å². The fourth-order valence-corrected chi connectivity index (χ4v) is 2.35. The molecule has 0 aliphatic carbocycles. The van der Waals surface area contributed by atoms with Crippen LogP contribution in [0.1, 0.15) is 52.9 Å². The molecule has 0 spiro atoms. The van der Waals surface area contributed by atoms with Crippen molar-refractivity contribution in [2.75, 3.05) is 20.3 Å². The maximum Gasteiger partial charge on any atom is 0.0465 e. The van der Waals surface area contributed by atoms with Gasteiger partial charge in [0.15, 0.2) is 0 Å². The highest BCUT2D eigenvalue weighted by Crippen LogP contribution is 2.37. The van der Waals surface area contributed by atoms with E-state index in [0.29, 0.717) is 11.3 Å². The van der Waals surface area contributed by atoms with E-state index in [4.69, 9.17) is 10.5 Å². The van der Waals surface area contributed by atoms with Crippen LogP contribution >= 0.6 is 0 Å². The predicted octanol–water partition coefficient (Wildman–Crippen LogP) is 3.20. The molecule has 0 rings (SSSR count). The molecule has 0 aliphatic heterocycles. The van der Waals surface area contributed by atoms with Crippen molar-refractivity contribution in [3.63, 3.8) is 0 Å². The molecule has 0 bridgehead atoms. The summed E-state index contributed by atoms with van der Waals surface area (Å²) in [4.78, 5) is 0. The average Bonchev–Trinajstić information content (AvgIpc) is 2.28. The molecule has 0 aliphatic rings. The van der Waals surface area contributed by atoms with Gasteiger partial charge in [0.05, 0.1) is 0 Å². The van der Waals surface area contributed by atoms with Crippen molar-refractivity contribution in [2.24, 2.45) is 17.1 Å². The van der Waals surface area contributed by atoms with Gasteiger partial charge in [-0.1, -0.05) is 33.6 Å². The zero-order valence-electron chi connectivity index (χ0n) is 11.0. The maximum atomic E-state index is 5.99. The van der Waals surface area contributed by atoms with Crippen LogP contribution in [-0.2, 0) is 4.74 Å². The van der Waals surface area contributed by atoms with Crippen LogP contribution in [-0.4, -0.2) is 20.3 Å². The van der Waals surface area contributed by atoms with Gasteiger partial charge in [0.1, 0.15) is 0 Å². The molecule has 0 aromatic carbocycles. The topological polar surface area (TPSA) is 35.2 Å². The number of methoxy groups -OCH3 is 1. The highest BCUT2D eigenvalue weighted by atomic mass is 16.5. The lowest BCUT2D eigenvalue weighted by Gasteiger charge is -2.38. The first-order valence-electron chi connectivity index (χ1n) is 6.35. The fraction of sp³-hybridized carbons (Fsp3) is 1.00. The summed E-state index contributed by atoms with van der Waals surface area (Å²) in [5.41, 5.74) is 6.33. The second-order valence-corrected chi connectivity index (χ2v) is 4.71. The molecule has 0 aromatic heterocycles. The van der Waals surface area contributed by atoms with Crippen molar-refractivity contribution in [1.82, 2.24) is 0 Å². The van der Waals surface area contributed by atoms with Gasteiger partial charge in [-0.05, 0) is 37.1 Å². The Labute approximate surface area is 95.6 Å². The number of ether oxygens (including phenoxy) is 1. The molecule has 0 aromatic rings. The first-order chi connectivity index (χ1) is 7.16. The largest absolute Gasteiger partial charge is 0.385 e. The molecule has 2 N–H and O–H groups in total. The zero-order valence-corrected chi connectivity index (χ0v) is 11.0. The van der Waals surface area contributed by atoms with Crippen LogP contribution in [0.3, 0.4) is 0 Å². The van der Waals surface area contributed by atoms with Gasteiger partial charge >= 0.3 is 0 Å². The Morgan fingerprint density at radius 3 is 2.40 bits per heavy atom. The molecule has 0 amide bonds. The third-order valence-corrected chi connectivity index (χ3v) is 3.94. The summed E-state index contributed by atoms with van der Waals surface area (Å²) in [6.45, 7) is 8.51. The second kappa shape index (κ2) is 8.12. The van der Waals surface area contributed by atoms with Crippen LogP contribution < -0.4 is 5.73 Å². The summed E-state index contributed by atoms with van der Waals surface area (Å²) in [5, 5.41) is 0. The number of hydrogen-bond donors (Lipinski definition) is 1. The second-order valence-electron chi connectivity index (χ2n) is 4.71. The van der Waals surface area contributed by atoms with E-state index in [1.54, 1.807) is 7.11 Å². The first-order valence-corrected chi connectivity index (χ1v) is 6.35. The van der Waals surface area contributed by atoms with Crippen molar-refractivity contribution < 1.29 is 4.74 Å². The quantitative estimate of drug-likeness (QED) is 0.641. The van der Waals surface area contributed by atoms with Gasteiger partial charge in [0.25, 0.3) is 0 Å². The van der Waals surface area contributed by atoms with Gasteiger partial charge in [0, 0.05) is 13.7 Å². The van der Waals surface area contributed by atoms with E-state index in [0.717, 1.165) is 19.6 Å². The van der Waals surface area contributed by atoms with Crippen LogP contribution in [0.15, 0.2) is 0 Å².